The number of carbonyl (C=O) groups is 1. The SMILES string of the molecule is COC(=O)CCSc1ccc(S(=O)(=O)NC2CCC(C)CC2)cc1[N+](=O)[O-]. The number of benzene rings is 1. The van der Waals surface area contributed by atoms with Crippen LogP contribution < -0.4 is 4.72 Å². The van der Waals surface area contributed by atoms with Crippen molar-refractivity contribution >= 4 is 33.4 Å². The molecule has 0 aromatic heterocycles. The highest BCUT2D eigenvalue weighted by molar-refractivity contribution is 7.99. The Morgan fingerprint density at radius 3 is 2.59 bits per heavy atom. The van der Waals surface area contributed by atoms with E-state index < -0.39 is 20.9 Å². The molecule has 10 heteroatoms. The Labute approximate surface area is 163 Å². The van der Waals surface area contributed by atoms with Gasteiger partial charge < -0.3 is 4.74 Å². The molecule has 0 radical (unpaired) electrons. The maximum atomic E-state index is 12.6. The highest BCUT2D eigenvalue weighted by Crippen LogP contribution is 2.32. The zero-order valence-electron chi connectivity index (χ0n) is 15.3. The van der Waals surface area contributed by atoms with E-state index in [0.29, 0.717) is 16.6 Å². The minimum absolute atomic E-state index is 0.111. The molecule has 0 heterocycles. The van der Waals surface area contributed by atoms with Crippen molar-refractivity contribution in [3.05, 3.63) is 28.3 Å². The molecular formula is C17H24N2O6S2. The van der Waals surface area contributed by atoms with Gasteiger partial charge in [0.2, 0.25) is 10.0 Å². The number of carbonyl (C=O) groups excluding carboxylic acids is 1. The monoisotopic (exact) mass is 416 g/mol. The standard InChI is InChI=1S/C17H24N2O6S2/c1-12-3-5-13(6-4-12)18-27(23,24)14-7-8-16(15(11-14)19(21)22)26-10-9-17(20)25-2/h7-8,11-13,18H,3-6,9-10H2,1-2H3. The second-order valence-corrected chi connectivity index (χ2v) is 9.49. The molecule has 0 unspecified atom stereocenters. The molecule has 8 nitrogen and oxygen atoms in total. The Kier molecular flexibility index (Phi) is 7.63. The van der Waals surface area contributed by atoms with Gasteiger partial charge in [-0.2, -0.15) is 0 Å². The summed E-state index contributed by atoms with van der Waals surface area (Å²) in [5.41, 5.74) is -0.287. The smallest absolute Gasteiger partial charge is 0.306 e. The van der Waals surface area contributed by atoms with Gasteiger partial charge in [0.25, 0.3) is 5.69 Å². The number of nitro groups is 1. The van der Waals surface area contributed by atoms with Gasteiger partial charge in [-0.05, 0) is 43.7 Å². The Morgan fingerprint density at radius 2 is 2.00 bits per heavy atom. The molecule has 1 aromatic rings. The first-order valence-electron chi connectivity index (χ1n) is 8.73. The van der Waals surface area contributed by atoms with E-state index in [9.17, 15) is 23.3 Å². The number of hydrogen-bond acceptors (Lipinski definition) is 7. The van der Waals surface area contributed by atoms with Crippen molar-refractivity contribution in [2.24, 2.45) is 5.92 Å². The molecule has 0 bridgehead atoms. The van der Waals surface area contributed by atoms with Gasteiger partial charge >= 0.3 is 5.97 Å². The molecule has 0 saturated heterocycles. The number of methoxy groups -OCH3 is 1. The number of ether oxygens (including phenoxy) is 1. The van der Waals surface area contributed by atoms with E-state index in [4.69, 9.17) is 0 Å². The molecule has 1 N–H and O–H groups in total. The van der Waals surface area contributed by atoms with E-state index in [1.165, 1.54) is 19.2 Å². The topological polar surface area (TPSA) is 116 Å². The minimum atomic E-state index is -3.83. The molecule has 150 valence electrons. The summed E-state index contributed by atoms with van der Waals surface area (Å²) < 4.78 is 32.4. The summed E-state index contributed by atoms with van der Waals surface area (Å²) in [6.07, 6.45) is 3.57. The van der Waals surface area contributed by atoms with Crippen LogP contribution in [0.2, 0.25) is 0 Å². The van der Waals surface area contributed by atoms with Crippen LogP contribution in [0.15, 0.2) is 28.0 Å². The van der Waals surface area contributed by atoms with Gasteiger partial charge in [-0.25, -0.2) is 13.1 Å². The number of esters is 1. The average Bonchev–Trinajstić information content (AvgIpc) is 2.63. The second kappa shape index (κ2) is 9.52. The van der Waals surface area contributed by atoms with Crippen molar-refractivity contribution in [2.75, 3.05) is 12.9 Å². The summed E-state index contributed by atoms with van der Waals surface area (Å²) in [5, 5.41) is 11.4. The Balaban J connectivity index is 2.13. The molecule has 1 aliphatic rings. The third-order valence-corrected chi connectivity index (χ3v) is 7.15. The molecule has 1 saturated carbocycles. The van der Waals surface area contributed by atoms with E-state index in [0.717, 1.165) is 43.5 Å². The molecular weight excluding hydrogens is 392 g/mol. The molecule has 1 aliphatic carbocycles. The van der Waals surface area contributed by atoms with Crippen molar-refractivity contribution in [2.45, 2.75) is 54.9 Å². The van der Waals surface area contributed by atoms with Gasteiger partial charge in [0.05, 0.1) is 28.2 Å². The van der Waals surface area contributed by atoms with Crippen molar-refractivity contribution in [3.8, 4) is 0 Å². The minimum Gasteiger partial charge on any atom is -0.469 e. The zero-order valence-corrected chi connectivity index (χ0v) is 17.0. The lowest BCUT2D eigenvalue weighted by Gasteiger charge is -2.26. The summed E-state index contributed by atoms with van der Waals surface area (Å²) in [6.45, 7) is 2.14. The lowest BCUT2D eigenvalue weighted by atomic mass is 9.88. The van der Waals surface area contributed by atoms with Crippen molar-refractivity contribution in [3.63, 3.8) is 0 Å². The van der Waals surface area contributed by atoms with Gasteiger partial charge in [-0.1, -0.05) is 6.92 Å². The van der Waals surface area contributed by atoms with Crippen LogP contribution in [0.4, 0.5) is 5.69 Å². The summed E-state index contributed by atoms with van der Waals surface area (Å²) in [4.78, 5) is 22.1. The van der Waals surface area contributed by atoms with Crippen molar-refractivity contribution < 1.29 is 22.9 Å². The summed E-state index contributed by atoms with van der Waals surface area (Å²) >= 11 is 1.12. The predicted molar refractivity (Wildman–Crippen MR) is 102 cm³/mol. The van der Waals surface area contributed by atoms with Crippen LogP contribution in [0.3, 0.4) is 0 Å². The highest BCUT2D eigenvalue weighted by atomic mass is 32.2. The number of nitrogens with one attached hydrogen (secondary N) is 1. The fraction of sp³-hybridized carbons (Fsp3) is 0.588. The number of thioether (sulfide) groups is 1. The largest absolute Gasteiger partial charge is 0.469 e. The quantitative estimate of drug-likeness (QED) is 0.299. The Bertz CT molecular complexity index is 789. The summed E-state index contributed by atoms with van der Waals surface area (Å²) in [6, 6.07) is 3.71. The van der Waals surface area contributed by atoms with Crippen LogP contribution in [0.5, 0.6) is 0 Å². The van der Waals surface area contributed by atoms with E-state index in [2.05, 4.69) is 16.4 Å². The van der Waals surface area contributed by atoms with Crippen LogP contribution in [0.25, 0.3) is 0 Å². The Morgan fingerprint density at radius 1 is 1.33 bits per heavy atom. The molecule has 0 amide bonds. The van der Waals surface area contributed by atoms with Gasteiger partial charge in [0.15, 0.2) is 0 Å². The molecule has 27 heavy (non-hydrogen) atoms. The second-order valence-electron chi connectivity index (χ2n) is 6.64. The van der Waals surface area contributed by atoms with Gasteiger partial charge in [0.1, 0.15) is 0 Å². The maximum Gasteiger partial charge on any atom is 0.306 e. The van der Waals surface area contributed by atoms with E-state index in [1.807, 2.05) is 0 Å². The fourth-order valence-electron chi connectivity index (χ4n) is 2.94. The van der Waals surface area contributed by atoms with Gasteiger partial charge in [0, 0.05) is 17.9 Å². The van der Waals surface area contributed by atoms with Crippen LogP contribution >= 0.6 is 11.8 Å². The van der Waals surface area contributed by atoms with Gasteiger partial charge in [-0.15, -0.1) is 11.8 Å². The number of nitro benzene ring substituents is 1. The van der Waals surface area contributed by atoms with Crippen LogP contribution in [-0.2, 0) is 19.6 Å². The average molecular weight is 417 g/mol. The molecule has 0 atom stereocenters. The van der Waals surface area contributed by atoms with Crippen LogP contribution in [0.1, 0.15) is 39.0 Å². The third kappa shape index (κ3) is 6.18. The normalized spacial score (nSPS) is 20.2. The molecule has 1 aromatic carbocycles. The number of nitrogens with zero attached hydrogens (tertiary/aromatic N) is 1. The summed E-state index contributed by atoms with van der Waals surface area (Å²) in [7, 11) is -2.55. The molecule has 0 aliphatic heterocycles. The van der Waals surface area contributed by atoms with Gasteiger partial charge in [-0.3, -0.25) is 14.9 Å². The highest BCUT2D eigenvalue weighted by Gasteiger charge is 2.26. The van der Waals surface area contributed by atoms with E-state index in [1.54, 1.807) is 0 Å². The lowest BCUT2D eigenvalue weighted by molar-refractivity contribution is -0.388. The van der Waals surface area contributed by atoms with Crippen LogP contribution in [0, 0.1) is 16.0 Å². The molecule has 0 spiro atoms. The number of hydrogen-bond donors (Lipinski definition) is 1. The lowest BCUT2D eigenvalue weighted by Crippen LogP contribution is -2.37. The predicted octanol–water partition coefficient (Wildman–Crippen LogP) is 3.11. The Hall–Kier alpha value is -1.65. The maximum absolute atomic E-state index is 12.6. The van der Waals surface area contributed by atoms with E-state index in [-0.39, 0.29) is 23.0 Å². The van der Waals surface area contributed by atoms with Crippen molar-refractivity contribution in [1.29, 1.82) is 0 Å². The first-order valence-corrected chi connectivity index (χ1v) is 11.2. The van der Waals surface area contributed by atoms with Crippen LogP contribution in [-0.4, -0.2) is 38.2 Å². The summed E-state index contributed by atoms with van der Waals surface area (Å²) in [5.74, 6) is 0.487. The first-order chi connectivity index (χ1) is 12.7. The number of rotatable bonds is 8. The van der Waals surface area contributed by atoms with E-state index >= 15 is 0 Å². The fourth-order valence-corrected chi connectivity index (χ4v) is 5.20. The van der Waals surface area contributed by atoms with Crippen molar-refractivity contribution in [1.82, 2.24) is 4.72 Å². The zero-order chi connectivity index (χ0) is 20.0. The molecule has 1 fully saturated rings. The number of sulfonamides is 1. The third-order valence-electron chi connectivity index (χ3n) is 4.57. The first kappa shape index (κ1) is 21.6. The molecule has 2 rings (SSSR count).